The van der Waals surface area contributed by atoms with E-state index in [2.05, 4.69) is 10.2 Å². The highest BCUT2D eigenvalue weighted by molar-refractivity contribution is 7.91. The van der Waals surface area contributed by atoms with E-state index in [4.69, 9.17) is 4.42 Å². The first kappa shape index (κ1) is 16.9. The van der Waals surface area contributed by atoms with E-state index < -0.39 is 10.0 Å². The number of sulfonamides is 1. The lowest BCUT2D eigenvalue weighted by atomic mass is 10.00. The molecule has 0 amide bonds. The molecule has 0 spiro atoms. The summed E-state index contributed by atoms with van der Waals surface area (Å²) in [6.07, 6.45) is 1.63. The van der Waals surface area contributed by atoms with Crippen LogP contribution in [0.15, 0.2) is 38.3 Å². The number of hydrogen-bond acceptors (Lipinski definition) is 7. The molecule has 132 valence electrons. The Labute approximate surface area is 154 Å². The van der Waals surface area contributed by atoms with E-state index in [1.807, 2.05) is 30.5 Å². The largest absolute Gasteiger partial charge is 0.420 e. The standard InChI is InChI=1S/C16H17N3O3S3/c1-11-6-7-14(24-11)25(20,21)19-8-2-4-12(10-19)15-17-18-16(22-15)13-5-3-9-23-13/h3,5-7,9,12H,2,4,8,10H2,1H3. The molecule has 0 radical (unpaired) electrons. The molecule has 0 bridgehead atoms. The number of hydrogen-bond donors (Lipinski definition) is 0. The number of rotatable bonds is 4. The molecule has 4 rings (SSSR count). The van der Waals surface area contributed by atoms with Gasteiger partial charge in [0.2, 0.25) is 5.89 Å². The number of piperidine rings is 1. The fourth-order valence-electron chi connectivity index (χ4n) is 2.94. The minimum absolute atomic E-state index is 0.0641. The smallest absolute Gasteiger partial charge is 0.257 e. The molecule has 4 heterocycles. The first-order chi connectivity index (χ1) is 12.0. The maximum Gasteiger partial charge on any atom is 0.257 e. The van der Waals surface area contributed by atoms with E-state index in [0.29, 0.717) is 29.1 Å². The second-order valence-electron chi connectivity index (χ2n) is 5.99. The molecular formula is C16H17N3O3S3. The van der Waals surface area contributed by atoms with Gasteiger partial charge in [-0.05, 0) is 43.3 Å². The van der Waals surface area contributed by atoms with Crippen LogP contribution in [0, 0.1) is 6.92 Å². The van der Waals surface area contributed by atoms with Gasteiger partial charge in [-0.1, -0.05) is 6.07 Å². The van der Waals surface area contributed by atoms with Gasteiger partial charge in [-0.15, -0.1) is 32.9 Å². The first-order valence-electron chi connectivity index (χ1n) is 7.98. The second-order valence-corrected chi connectivity index (χ2v) is 10.4. The van der Waals surface area contributed by atoms with Gasteiger partial charge in [0.05, 0.1) is 10.8 Å². The molecule has 3 aromatic heterocycles. The van der Waals surface area contributed by atoms with E-state index in [-0.39, 0.29) is 5.92 Å². The summed E-state index contributed by atoms with van der Waals surface area (Å²) in [5.41, 5.74) is 0. The molecule has 0 aromatic carbocycles. The third-order valence-corrected chi connectivity index (χ3v) is 8.41. The van der Waals surface area contributed by atoms with Crippen molar-refractivity contribution in [1.29, 1.82) is 0 Å². The molecule has 1 unspecified atom stereocenters. The molecular weight excluding hydrogens is 378 g/mol. The van der Waals surface area contributed by atoms with E-state index in [0.717, 1.165) is 22.6 Å². The zero-order valence-corrected chi connectivity index (χ0v) is 16.0. The Hall–Kier alpha value is -1.55. The van der Waals surface area contributed by atoms with Crippen molar-refractivity contribution in [3.05, 3.63) is 40.4 Å². The molecule has 6 nitrogen and oxygen atoms in total. The molecule has 1 atom stereocenters. The highest BCUT2D eigenvalue weighted by atomic mass is 32.2. The van der Waals surface area contributed by atoms with Crippen LogP contribution in [0.2, 0.25) is 0 Å². The van der Waals surface area contributed by atoms with Gasteiger partial charge in [0.25, 0.3) is 15.9 Å². The van der Waals surface area contributed by atoms with Crippen LogP contribution < -0.4 is 0 Å². The number of aryl methyl sites for hydroxylation is 1. The third-order valence-electron chi connectivity index (χ3n) is 4.22. The quantitative estimate of drug-likeness (QED) is 0.673. The van der Waals surface area contributed by atoms with Crippen LogP contribution in [-0.4, -0.2) is 36.0 Å². The average molecular weight is 396 g/mol. The molecule has 0 saturated carbocycles. The van der Waals surface area contributed by atoms with Crippen molar-refractivity contribution in [2.24, 2.45) is 0 Å². The lowest BCUT2D eigenvalue weighted by Gasteiger charge is -2.29. The number of thiophene rings is 2. The number of nitrogens with zero attached hydrogens (tertiary/aromatic N) is 3. The fraction of sp³-hybridized carbons (Fsp3) is 0.375. The third kappa shape index (κ3) is 3.29. The van der Waals surface area contributed by atoms with E-state index in [1.54, 1.807) is 10.4 Å². The summed E-state index contributed by atoms with van der Waals surface area (Å²) in [6, 6.07) is 7.38. The van der Waals surface area contributed by atoms with Crippen LogP contribution in [0.5, 0.6) is 0 Å². The van der Waals surface area contributed by atoms with Gasteiger partial charge < -0.3 is 4.42 Å². The molecule has 0 N–H and O–H groups in total. The van der Waals surface area contributed by atoms with Gasteiger partial charge in [-0.2, -0.15) is 4.31 Å². The second kappa shape index (κ2) is 6.64. The van der Waals surface area contributed by atoms with Gasteiger partial charge in [0, 0.05) is 18.0 Å². The fourth-order valence-corrected chi connectivity index (χ4v) is 6.55. The van der Waals surface area contributed by atoms with Crippen molar-refractivity contribution >= 4 is 32.7 Å². The molecule has 25 heavy (non-hydrogen) atoms. The zero-order chi connectivity index (χ0) is 17.4. The van der Waals surface area contributed by atoms with Crippen molar-refractivity contribution in [3.63, 3.8) is 0 Å². The monoisotopic (exact) mass is 395 g/mol. The van der Waals surface area contributed by atoms with Gasteiger partial charge in [0.15, 0.2) is 0 Å². The van der Waals surface area contributed by atoms with E-state index in [9.17, 15) is 8.42 Å². The van der Waals surface area contributed by atoms with Crippen LogP contribution in [0.3, 0.4) is 0 Å². The van der Waals surface area contributed by atoms with Crippen molar-refractivity contribution in [3.8, 4) is 10.8 Å². The Kier molecular flexibility index (Phi) is 4.48. The lowest BCUT2D eigenvalue weighted by molar-refractivity contribution is 0.286. The lowest BCUT2D eigenvalue weighted by Crippen LogP contribution is -2.38. The highest BCUT2D eigenvalue weighted by Gasteiger charge is 2.34. The molecule has 1 aliphatic heterocycles. The van der Waals surface area contributed by atoms with Crippen LogP contribution in [0.1, 0.15) is 29.5 Å². The Morgan fingerprint density at radius 3 is 2.88 bits per heavy atom. The number of aromatic nitrogens is 2. The van der Waals surface area contributed by atoms with Gasteiger partial charge in [-0.3, -0.25) is 0 Å². The van der Waals surface area contributed by atoms with Crippen molar-refractivity contribution in [2.75, 3.05) is 13.1 Å². The Bertz CT molecular complexity index is 960. The molecule has 1 aliphatic rings. The average Bonchev–Trinajstić information content (AvgIpc) is 3.35. The summed E-state index contributed by atoms with van der Waals surface area (Å²) in [5.74, 6) is 0.954. The van der Waals surface area contributed by atoms with E-state index in [1.165, 1.54) is 22.7 Å². The van der Waals surface area contributed by atoms with Crippen molar-refractivity contribution < 1.29 is 12.8 Å². The highest BCUT2D eigenvalue weighted by Crippen LogP contribution is 2.33. The van der Waals surface area contributed by atoms with Crippen LogP contribution in [-0.2, 0) is 10.0 Å². The van der Waals surface area contributed by atoms with Crippen LogP contribution in [0.25, 0.3) is 10.8 Å². The summed E-state index contributed by atoms with van der Waals surface area (Å²) < 4.78 is 33.4. The van der Waals surface area contributed by atoms with Crippen molar-refractivity contribution in [1.82, 2.24) is 14.5 Å². The minimum Gasteiger partial charge on any atom is -0.420 e. The summed E-state index contributed by atoms with van der Waals surface area (Å²) in [4.78, 5) is 1.91. The molecule has 9 heteroatoms. The molecule has 0 aliphatic carbocycles. The summed E-state index contributed by atoms with van der Waals surface area (Å²) in [6.45, 7) is 2.82. The molecule has 3 aromatic rings. The van der Waals surface area contributed by atoms with Gasteiger partial charge in [0.1, 0.15) is 4.21 Å². The maximum atomic E-state index is 12.8. The van der Waals surface area contributed by atoms with Crippen molar-refractivity contribution in [2.45, 2.75) is 29.9 Å². The Morgan fingerprint density at radius 1 is 1.28 bits per heavy atom. The topological polar surface area (TPSA) is 76.3 Å². The summed E-state index contributed by atoms with van der Waals surface area (Å²) >= 11 is 2.85. The predicted molar refractivity (Wildman–Crippen MR) is 97.4 cm³/mol. The van der Waals surface area contributed by atoms with Gasteiger partial charge in [-0.25, -0.2) is 8.42 Å². The predicted octanol–water partition coefficient (Wildman–Crippen LogP) is 3.74. The zero-order valence-electron chi connectivity index (χ0n) is 13.6. The SMILES string of the molecule is Cc1ccc(S(=O)(=O)N2CCCC(c3nnc(-c4cccs4)o3)C2)s1. The maximum absolute atomic E-state index is 12.8. The Morgan fingerprint density at radius 2 is 2.16 bits per heavy atom. The molecule has 1 fully saturated rings. The normalized spacial score (nSPS) is 19.3. The molecule has 1 saturated heterocycles. The summed E-state index contributed by atoms with van der Waals surface area (Å²) in [7, 11) is -3.45. The minimum atomic E-state index is -3.45. The van der Waals surface area contributed by atoms with Crippen LogP contribution >= 0.6 is 22.7 Å². The van der Waals surface area contributed by atoms with Gasteiger partial charge >= 0.3 is 0 Å². The van der Waals surface area contributed by atoms with Crippen LogP contribution in [0.4, 0.5) is 0 Å². The summed E-state index contributed by atoms with van der Waals surface area (Å²) in [5, 5.41) is 10.2. The first-order valence-corrected chi connectivity index (χ1v) is 11.1. The Balaban J connectivity index is 1.55. The van der Waals surface area contributed by atoms with E-state index >= 15 is 0 Å².